The SMILES string of the molecule is CCCCCCCCOC(=O)C(CC)(CC)C(=O)Oc1ccc(Cl)cc1C. The van der Waals surface area contributed by atoms with Gasteiger partial charge in [0.05, 0.1) is 6.61 Å². The molecule has 0 spiro atoms. The quantitative estimate of drug-likeness (QED) is 0.181. The third kappa shape index (κ3) is 6.84. The van der Waals surface area contributed by atoms with Crippen LogP contribution in [-0.4, -0.2) is 18.5 Å². The Bertz CT molecular complexity index is 608. The first-order valence-electron chi connectivity index (χ1n) is 10.1. The number of esters is 2. The lowest BCUT2D eigenvalue weighted by molar-refractivity contribution is -0.168. The van der Waals surface area contributed by atoms with Gasteiger partial charge in [-0.05, 0) is 49.9 Å². The molecule has 1 aromatic carbocycles. The third-order valence-electron chi connectivity index (χ3n) is 5.06. The number of ether oxygens (including phenoxy) is 2. The van der Waals surface area contributed by atoms with E-state index in [0.717, 1.165) is 24.8 Å². The second-order valence-corrected chi connectivity index (χ2v) is 7.43. The number of rotatable bonds is 12. The molecule has 0 unspecified atom stereocenters. The molecule has 27 heavy (non-hydrogen) atoms. The van der Waals surface area contributed by atoms with Crippen LogP contribution >= 0.6 is 11.6 Å². The summed E-state index contributed by atoms with van der Waals surface area (Å²) in [5, 5.41) is 0.572. The van der Waals surface area contributed by atoms with Crippen LogP contribution in [0, 0.1) is 12.3 Å². The molecule has 1 rings (SSSR count). The van der Waals surface area contributed by atoms with E-state index >= 15 is 0 Å². The van der Waals surface area contributed by atoms with E-state index in [2.05, 4.69) is 6.92 Å². The minimum Gasteiger partial charge on any atom is -0.465 e. The molecule has 0 fully saturated rings. The fraction of sp³-hybridized carbons (Fsp3) is 0.636. The Morgan fingerprint density at radius 2 is 1.59 bits per heavy atom. The van der Waals surface area contributed by atoms with Gasteiger partial charge < -0.3 is 9.47 Å². The molecule has 0 saturated carbocycles. The molecule has 0 N–H and O–H groups in total. The van der Waals surface area contributed by atoms with Crippen molar-refractivity contribution in [1.82, 2.24) is 0 Å². The summed E-state index contributed by atoms with van der Waals surface area (Å²) >= 11 is 5.94. The van der Waals surface area contributed by atoms with E-state index in [4.69, 9.17) is 21.1 Å². The molecule has 0 heterocycles. The van der Waals surface area contributed by atoms with Gasteiger partial charge in [0.2, 0.25) is 0 Å². The highest BCUT2D eigenvalue weighted by Gasteiger charge is 2.46. The molecular weight excluding hydrogens is 364 g/mol. The minimum atomic E-state index is -1.27. The summed E-state index contributed by atoms with van der Waals surface area (Å²) < 4.78 is 11.0. The first-order valence-corrected chi connectivity index (χ1v) is 10.4. The van der Waals surface area contributed by atoms with Crippen LogP contribution in [0.4, 0.5) is 0 Å². The van der Waals surface area contributed by atoms with Crippen molar-refractivity contribution < 1.29 is 19.1 Å². The molecule has 152 valence electrons. The molecule has 0 aliphatic heterocycles. The highest BCUT2D eigenvalue weighted by atomic mass is 35.5. The lowest BCUT2D eigenvalue weighted by atomic mass is 9.82. The molecule has 0 aliphatic carbocycles. The Morgan fingerprint density at radius 1 is 0.963 bits per heavy atom. The van der Waals surface area contributed by atoms with Crippen molar-refractivity contribution >= 4 is 23.5 Å². The predicted molar refractivity (Wildman–Crippen MR) is 109 cm³/mol. The molecule has 4 nitrogen and oxygen atoms in total. The van der Waals surface area contributed by atoms with Gasteiger partial charge in [0, 0.05) is 5.02 Å². The maximum absolute atomic E-state index is 12.8. The molecule has 0 saturated heterocycles. The Labute approximate surface area is 168 Å². The smallest absolute Gasteiger partial charge is 0.328 e. The van der Waals surface area contributed by atoms with Gasteiger partial charge in [0.1, 0.15) is 5.75 Å². The van der Waals surface area contributed by atoms with Gasteiger partial charge in [-0.3, -0.25) is 9.59 Å². The monoisotopic (exact) mass is 396 g/mol. The van der Waals surface area contributed by atoms with Crippen molar-refractivity contribution in [2.24, 2.45) is 5.41 Å². The number of carbonyl (C=O) groups is 2. The zero-order valence-electron chi connectivity index (χ0n) is 17.1. The molecule has 1 aromatic rings. The van der Waals surface area contributed by atoms with Crippen LogP contribution in [0.1, 0.15) is 77.7 Å². The third-order valence-corrected chi connectivity index (χ3v) is 5.29. The van der Waals surface area contributed by atoms with Gasteiger partial charge in [-0.1, -0.05) is 64.5 Å². The van der Waals surface area contributed by atoms with E-state index in [9.17, 15) is 9.59 Å². The van der Waals surface area contributed by atoms with E-state index in [1.54, 1.807) is 18.2 Å². The van der Waals surface area contributed by atoms with Crippen LogP contribution in [-0.2, 0) is 14.3 Å². The first kappa shape index (κ1) is 23.5. The van der Waals surface area contributed by atoms with Gasteiger partial charge in [0.25, 0.3) is 0 Å². The summed E-state index contributed by atoms with van der Waals surface area (Å²) in [6.07, 6.45) is 7.34. The summed E-state index contributed by atoms with van der Waals surface area (Å²) in [5.74, 6) is -0.636. The summed E-state index contributed by atoms with van der Waals surface area (Å²) in [6.45, 7) is 7.96. The normalized spacial score (nSPS) is 11.3. The maximum Gasteiger partial charge on any atom is 0.328 e. The number of benzene rings is 1. The van der Waals surface area contributed by atoms with E-state index in [0.29, 0.717) is 30.2 Å². The first-order chi connectivity index (χ1) is 12.9. The number of hydrogen-bond acceptors (Lipinski definition) is 4. The van der Waals surface area contributed by atoms with E-state index in [-0.39, 0.29) is 0 Å². The number of halogens is 1. The Kier molecular flexibility index (Phi) is 10.5. The van der Waals surface area contributed by atoms with Crippen LogP contribution in [0.3, 0.4) is 0 Å². The van der Waals surface area contributed by atoms with Crippen LogP contribution in [0.2, 0.25) is 5.02 Å². The van der Waals surface area contributed by atoms with Crippen LogP contribution in [0.15, 0.2) is 18.2 Å². The van der Waals surface area contributed by atoms with Crippen LogP contribution < -0.4 is 4.74 Å². The predicted octanol–water partition coefficient (Wildman–Crippen LogP) is 6.26. The van der Waals surface area contributed by atoms with Crippen molar-refractivity contribution in [3.05, 3.63) is 28.8 Å². The summed E-state index contributed by atoms with van der Waals surface area (Å²) in [6, 6.07) is 5.03. The number of carbonyl (C=O) groups excluding carboxylic acids is 2. The van der Waals surface area contributed by atoms with Gasteiger partial charge in [0.15, 0.2) is 5.41 Å². The Hall–Kier alpha value is -1.55. The lowest BCUT2D eigenvalue weighted by Gasteiger charge is -2.27. The lowest BCUT2D eigenvalue weighted by Crippen LogP contribution is -2.42. The van der Waals surface area contributed by atoms with E-state index in [1.807, 2.05) is 20.8 Å². The van der Waals surface area contributed by atoms with Gasteiger partial charge in [-0.2, -0.15) is 0 Å². The van der Waals surface area contributed by atoms with E-state index in [1.165, 1.54) is 19.3 Å². The van der Waals surface area contributed by atoms with Crippen LogP contribution in [0.25, 0.3) is 0 Å². The largest absolute Gasteiger partial charge is 0.465 e. The van der Waals surface area contributed by atoms with Crippen molar-refractivity contribution in [1.29, 1.82) is 0 Å². The number of aryl methyl sites for hydroxylation is 1. The van der Waals surface area contributed by atoms with Gasteiger partial charge >= 0.3 is 11.9 Å². The highest BCUT2D eigenvalue weighted by molar-refractivity contribution is 6.30. The number of unbranched alkanes of at least 4 members (excludes halogenated alkanes) is 5. The van der Waals surface area contributed by atoms with Crippen molar-refractivity contribution in [3.8, 4) is 5.75 Å². The average Bonchev–Trinajstić information content (AvgIpc) is 2.64. The standard InChI is InChI=1S/C22H33ClO4/c1-5-8-9-10-11-12-15-26-20(24)22(6-2,7-3)21(25)27-19-14-13-18(23)16-17(19)4/h13-14,16H,5-12,15H2,1-4H3. The molecule has 0 bridgehead atoms. The molecule has 5 heteroatoms. The molecule has 0 radical (unpaired) electrons. The molecule has 0 aliphatic rings. The molecule has 0 atom stereocenters. The second-order valence-electron chi connectivity index (χ2n) is 6.99. The van der Waals surface area contributed by atoms with E-state index < -0.39 is 17.4 Å². The summed E-state index contributed by atoms with van der Waals surface area (Å²) in [7, 11) is 0. The highest BCUT2D eigenvalue weighted by Crippen LogP contribution is 2.32. The Balaban J connectivity index is 2.66. The summed E-state index contributed by atoms with van der Waals surface area (Å²) in [5.41, 5.74) is -0.522. The molecular formula is C22H33ClO4. The molecule has 0 amide bonds. The second kappa shape index (κ2) is 12.0. The van der Waals surface area contributed by atoms with Crippen molar-refractivity contribution in [3.63, 3.8) is 0 Å². The van der Waals surface area contributed by atoms with Crippen molar-refractivity contribution in [2.75, 3.05) is 6.61 Å². The summed E-state index contributed by atoms with van der Waals surface area (Å²) in [4.78, 5) is 25.5. The van der Waals surface area contributed by atoms with Gasteiger partial charge in [-0.25, -0.2) is 0 Å². The topological polar surface area (TPSA) is 52.6 Å². The zero-order chi connectivity index (χ0) is 20.3. The van der Waals surface area contributed by atoms with Gasteiger partial charge in [-0.15, -0.1) is 0 Å². The Morgan fingerprint density at radius 3 is 2.19 bits per heavy atom. The number of hydrogen-bond donors (Lipinski definition) is 0. The zero-order valence-corrected chi connectivity index (χ0v) is 17.9. The fourth-order valence-electron chi connectivity index (χ4n) is 3.02. The average molecular weight is 397 g/mol. The van der Waals surface area contributed by atoms with Crippen molar-refractivity contribution in [2.45, 2.75) is 79.1 Å². The maximum atomic E-state index is 12.8. The fourth-order valence-corrected chi connectivity index (χ4v) is 3.25. The van der Waals surface area contributed by atoms with Crippen LogP contribution in [0.5, 0.6) is 5.75 Å². The minimum absolute atomic E-state index is 0.338. The molecule has 0 aromatic heterocycles.